The zero-order chi connectivity index (χ0) is 15.3. The molecule has 0 bridgehead atoms. The van der Waals surface area contributed by atoms with Gasteiger partial charge in [0, 0.05) is 12.5 Å². The van der Waals surface area contributed by atoms with Crippen molar-refractivity contribution in [3.63, 3.8) is 0 Å². The van der Waals surface area contributed by atoms with E-state index in [-0.39, 0.29) is 17.7 Å². The lowest BCUT2D eigenvalue weighted by Crippen LogP contribution is -2.41. The first-order valence-corrected chi connectivity index (χ1v) is 7.58. The minimum Gasteiger partial charge on any atom is -0.480 e. The molecule has 0 aliphatic carbocycles. The van der Waals surface area contributed by atoms with Crippen molar-refractivity contribution in [1.82, 2.24) is 10.3 Å². The summed E-state index contributed by atoms with van der Waals surface area (Å²) in [6.45, 7) is 0. The molecule has 1 amide bonds. The largest absolute Gasteiger partial charge is 0.480 e. The van der Waals surface area contributed by atoms with Gasteiger partial charge in [-0.1, -0.05) is 0 Å². The van der Waals surface area contributed by atoms with Crippen molar-refractivity contribution in [1.29, 1.82) is 0 Å². The van der Waals surface area contributed by atoms with Crippen LogP contribution < -0.4 is 5.32 Å². The third kappa shape index (κ3) is 5.31. The van der Waals surface area contributed by atoms with E-state index in [1.54, 1.807) is 0 Å². The molecule has 9 heteroatoms. The number of amides is 1. The molecule has 0 radical (unpaired) electrons. The summed E-state index contributed by atoms with van der Waals surface area (Å²) in [4.78, 5) is 25.9. The number of hydrogen-bond donors (Lipinski definition) is 2. The van der Waals surface area contributed by atoms with E-state index in [2.05, 4.69) is 10.3 Å². The van der Waals surface area contributed by atoms with Crippen LogP contribution in [0.3, 0.4) is 0 Å². The molecule has 0 saturated heterocycles. The number of carbonyl (C=O) groups is 2. The van der Waals surface area contributed by atoms with Crippen molar-refractivity contribution in [2.45, 2.75) is 12.5 Å². The van der Waals surface area contributed by atoms with Crippen LogP contribution >= 0.6 is 0 Å². The molecule has 0 aromatic carbocycles. The Morgan fingerprint density at radius 1 is 1.45 bits per heavy atom. The average Bonchev–Trinajstić information content (AvgIpc) is 2.33. The highest BCUT2D eigenvalue weighted by atomic mass is 32.2. The predicted molar refractivity (Wildman–Crippen MR) is 67.4 cm³/mol. The van der Waals surface area contributed by atoms with Gasteiger partial charge >= 0.3 is 5.97 Å². The minimum atomic E-state index is -3.34. The van der Waals surface area contributed by atoms with Crippen molar-refractivity contribution in [3.05, 3.63) is 29.8 Å². The van der Waals surface area contributed by atoms with Gasteiger partial charge in [-0.2, -0.15) is 4.39 Å². The Bertz CT molecular complexity index is 600. The molecule has 20 heavy (non-hydrogen) atoms. The number of pyridine rings is 1. The number of rotatable bonds is 6. The molecule has 1 unspecified atom stereocenters. The number of carboxylic acid groups (broad SMARTS) is 1. The van der Waals surface area contributed by atoms with Crippen molar-refractivity contribution in [2.24, 2.45) is 0 Å². The maximum Gasteiger partial charge on any atom is 0.326 e. The van der Waals surface area contributed by atoms with Crippen LogP contribution in [-0.2, 0) is 14.6 Å². The molecule has 0 spiro atoms. The van der Waals surface area contributed by atoms with Gasteiger partial charge in [0.2, 0.25) is 5.95 Å². The number of nitrogens with zero attached hydrogens (tertiary/aromatic N) is 1. The Kier molecular flexibility index (Phi) is 5.14. The molecule has 1 rings (SSSR count). The number of nitrogens with one attached hydrogen (secondary N) is 1. The second kappa shape index (κ2) is 6.42. The molecular formula is C11H13FN2O5S. The summed E-state index contributed by atoms with van der Waals surface area (Å²) in [7, 11) is -3.34. The number of sulfone groups is 1. The summed E-state index contributed by atoms with van der Waals surface area (Å²) in [5, 5.41) is 11.1. The minimum absolute atomic E-state index is 0.0167. The second-order valence-electron chi connectivity index (χ2n) is 4.15. The van der Waals surface area contributed by atoms with Crippen molar-refractivity contribution in [2.75, 3.05) is 12.0 Å². The van der Waals surface area contributed by atoms with Crippen LogP contribution in [0.4, 0.5) is 4.39 Å². The molecular weight excluding hydrogens is 291 g/mol. The molecule has 1 atom stereocenters. The first-order valence-electron chi connectivity index (χ1n) is 5.52. The monoisotopic (exact) mass is 304 g/mol. The lowest BCUT2D eigenvalue weighted by Gasteiger charge is -2.13. The molecule has 1 heterocycles. The van der Waals surface area contributed by atoms with E-state index in [0.717, 1.165) is 24.6 Å². The summed E-state index contributed by atoms with van der Waals surface area (Å²) in [5.74, 6) is -3.25. The zero-order valence-corrected chi connectivity index (χ0v) is 11.4. The van der Waals surface area contributed by atoms with E-state index < -0.39 is 33.7 Å². The van der Waals surface area contributed by atoms with E-state index >= 15 is 0 Å². The van der Waals surface area contributed by atoms with Crippen LogP contribution in [0.15, 0.2) is 18.3 Å². The van der Waals surface area contributed by atoms with Gasteiger partial charge in [0.25, 0.3) is 5.91 Å². The lowest BCUT2D eigenvalue weighted by atomic mass is 10.2. The molecule has 1 aromatic rings. The fourth-order valence-corrected chi connectivity index (χ4v) is 2.00. The van der Waals surface area contributed by atoms with Gasteiger partial charge in [0.15, 0.2) is 0 Å². The normalized spacial score (nSPS) is 12.7. The summed E-state index contributed by atoms with van der Waals surface area (Å²) in [6, 6.07) is 0.760. The summed E-state index contributed by atoms with van der Waals surface area (Å²) in [6.07, 6.45) is 1.67. The average molecular weight is 304 g/mol. The van der Waals surface area contributed by atoms with E-state index in [1.165, 1.54) is 0 Å². The Balaban J connectivity index is 2.73. The van der Waals surface area contributed by atoms with Crippen LogP contribution in [0.25, 0.3) is 0 Å². The fraction of sp³-hybridized carbons (Fsp3) is 0.364. The SMILES string of the molecule is CS(=O)(=O)CCC(NC(=O)c1ccc(F)nc1)C(=O)O. The molecule has 1 aromatic heterocycles. The number of aliphatic carboxylic acids is 1. The standard InChI is InChI=1S/C11H13FN2O5S/c1-20(18,19)5-4-8(11(16)17)14-10(15)7-2-3-9(12)13-6-7/h2-3,6,8H,4-5H2,1H3,(H,14,15)(H,16,17). The van der Waals surface area contributed by atoms with Crippen molar-refractivity contribution in [3.8, 4) is 0 Å². The van der Waals surface area contributed by atoms with Gasteiger partial charge in [-0.3, -0.25) is 4.79 Å². The highest BCUT2D eigenvalue weighted by molar-refractivity contribution is 7.90. The summed E-state index contributed by atoms with van der Waals surface area (Å²) >= 11 is 0. The second-order valence-corrected chi connectivity index (χ2v) is 6.41. The van der Waals surface area contributed by atoms with Crippen LogP contribution in [0.2, 0.25) is 0 Å². The van der Waals surface area contributed by atoms with Crippen LogP contribution in [0.1, 0.15) is 16.8 Å². The summed E-state index contributed by atoms with van der Waals surface area (Å²) < 4.78 is 34.6. The molecule has 0 aliphatic rings. The number of halogens is 1. The molecule has 110 valence electrons. The Hall–Kier alpha value is -2.03. The van der Waals surface area contributed by atoms with E-state index in [9.17, 15) is 22.4 Å². The van der Waals surface area contributed by atoms with Crippen LogP contribution in [0, 0.1) is 5.95 Å². The van der Waals surface area contributed by atoms with Gasteiger partial charge < -0.3 is 10.4 Å². The first-order chi connectivity index (χ1) is 9.19. The van der Waals surface area contributed by atoms with Gasteiger partial charge in [-0.15, -0.1) is 0 Å². The first kappa shape index (κ1) is 16.0. The number of hydrogen-bond acceptors (Lipinski definition) is 5. The number of aromatic nitrogens is 1. The highest BCUT2D eigenvalue weighted by Gasteiger charge is 2.22. The van der Waals surface area contributed by atoms with Gasteiger partial charge in [-0.05, 0) is 18.6 Å². The van der Waals surface area contributed by atoms with Crippen molar-refractivity contribution < 1.29 is 27.5 Å². The van der Waals surface area contributed by atoms with E-state index in [0.29, 0.717) is 0 Å². The summed E-state index contributed by atoms with van der Waals surface area (Å²) in [5.41, 5.74) is -0.0167. The molecule has 0 aliphatic heterocycles. The van der Waals surface area contributed by atoms with Crippen LogP contribution in [-0.4, -0.2) is 48.4 Å². The Labute approximate surface area is 114 Å². The fourth-order valence-electron chi connectivity index (χ4n) is 1.34. The smallest absolute Gasteiger partial charge is 0.326 e. The van der Waals surface area contributed by atoms with Gasteiger partial charge in [-0.25, -0.2) is 18.2 Å². The lowest BCUT2D eigenvalue weighted by molar-refractivity contribution is -0.139. The third-order valence-corrected chi connectivity index (χ3v) is 3.35. The Morgan fingerprint density at radius 2 is 2.10 bits per heavy atom. The third-order valence-electron chi connectivity index (χ3n) is 2.37. The molecule has 2 N–H and O–H groups in total. The topological polar surface area (TPSA) is 113 Å². The predicted octanol–water partition coefficient (Wildman–Crippen LogP) is -0.162. The van der Waals surface area contributed by atoms with Crippen LogP contribution in [0.5, 0.6) is 0 Å². The quantitative estimate of drug-likeness (QED) is 0.706. The number of carbonyl (C=O) groups excluding carboxylic acids is 1. The Morgan fingerprint density at radius 3 is 2.55 bits per heavy atom. The van der Waals surface area contributed by atoms with Gasteiger partial charge in [0.1, 0.15) is 15.9 Å². The molecule has 7 nitrogen and oxygen atoms in total. The molecule has 0 saturated carbocycles. The van der Waals surface area contributed by atoms with Gasteiger partial charge in [0.05, 0.1) is 11.3 Å². The van der Waals surface area contributed by atoms with Crippen molar-refractivity contribution >= 4 is 21.7 Å². The maximum atomic E-state index is 12.6. The zero-order valence-electron chi connectivity index (χ0n) is 10.5. The highest BCUT2D eigenvalue weighted by Crippen LogP contribution is 2.02. The maximum absolute atomic E-state index is 12.6. The van der Waals surface area contributed by atoms with E-state index in [1.807, 2.05) is 0 Å². The molecule has 0 fully saturated rings. The number of carboxylic acids is 1. The van der Waals surface area contributed by atoms with E-state index in [4.69, 9.17) is 5.11 Å².